The quantitative estimate of drug-likeness (QED) is 0.619. The van der Waals surface area contributed by atoms with Crippen LogP contribution >= 0.6 is 11.6 Å². The zero-order valence-electron chi connectivity index (χ0n) is 17.2. The Labute approximate surface area is 174 Å². The Bertz CT molecular complexity index is 759. The van der Waals surface area contributed by atoms with Gasteiger partial charge in [0, 0.05) is 19.6 Å². The highest BCUT2D eigenvalue weighted by atomic mass is 35.5. The van der Waals surface area contributed by atoms with Crippen LogP contribution in [0.5, 0.6) is 0 Å². The lowest BCUT2D eigenvalue weighted by Crippen LogP contribution is -2.38. The maximum atomic E-state index is 13.0. The van der Waals surface area contributed by atoms with Crippen LogP contribution in [0, 0.1) is 11.8 Å². The molecule has 0 bridgehead atoms. The second-order valence-electron chi connectivity index (χ2n) is 7.85. The van der Waals surface area contributed by atoms with Gasteiger partial charge < -0.3 is 5.32 Å². The second kappa shape index (κ2) is 10.6. The fourth-order valence-electron chi connectivity index (χ4n) is 3.49. The predicted molar refractivity (Wildman–Crippen MR) is 114 cm³/mol. The SMILES string of the molecule is CCCC[C@H](CC)CNC(=O)c1cc(S(=O)(=O)N2CCC(C)CC2)ccc1Cl. The van der Waals surface area contributed by atoms with E-state index in [1.54, 1.807) is 0 Å². The minimum absolute atomic E-state index is 0.134. The van der Waals surface area contributed by atoms with E-state index in [9.17, 15) is 13.2 Å². The lowest BCUT2D eigenvalue weighted by Gasteiger charge is -2.29. The minimum atomic E-state index is -3.61. The number of carbonyl (C=O) groups is 1. The smallest absolute Gasteiger partial charge is 0.252 e. The molecular formula is C21H33ClN2O3S. The first-order valence-corrected chi connectivity index (χ1v) is 12.2. The van der Waals surface area contributed by atoms with Crippen molar-refractivity contribution in [2.45, 2.75) is 64.2 Å². The molecule has 1 amide bonds. The van der Waals surface area contributed by atoms with Crippen LogP contribution in [0.4, 0.5) is 0 Å². The van der Waals surface area contributed by atoms with Crippen LogP contribution < -0.4 is 5.32 Å². The molecule has 0 spiro atoms. The van der Waals surface area contributed by atoms with Crippen molar-refractivity contribution in [1.82, 2.24) is 9.62 Å². The maximum absolute atomic E-state index is 13.0. The number of unbranched alkanes of at least 4 members (excludes halogenated alkanes) is 1. The molecular weight excluding hydrogens is 396 g/mol. The van der Waals surface area contributed by atoms with Gasteiger partial charge in [-0.05, 0) is 49.3 Å². The molecule has 0 unspecified atom stereocenters. The van der Waals surface area contributed by atoms with E-state index in [1.165, 1.54) is 22.5 Å². The Morgan fingerprint density at radius 2 is 1.96 bits per heavy atom. The summed E-state index contributed by atoms with van der Waals surface area (Å²) in [5.74, 6) is 0.645. The zero-order valence-corrected chi connectivity index (χ0v) is 18.8. The molecule has 7 heteroatoms. The van der Waals surface area contributed by atoms with Crippen molar-refractivity contribution in [2.75, 3.05) is 19.6 Å². The predicted octanol–water partition coefficient (Wildman–Crippen LogP) is 4.71. The highest BCUT2D eigenvalue weighted by molar-refractivity contribution is 7.89. The number of amides is 1. The summed E-state index contributed by atoms with van der Waals surface area (Å²) in [5.41, 5.74) is 0.221. The Kier molecular flexibility index (Phi) is 8.78. The molecule has 1 saturated heterocycles. The van der Waals surface area contributed by atoms with Gasteiger partial charge in [-0.3, -0.25) is 4.79 Å². The van der Waals surface area contributed by atoms with Crippen LogP contribution in [0.3, 0.4) is 0 Å². The average Bonchev–Trinajstić information content (AvgIpc) is 2.68. The molecule has 0 radical (unpaired) electrons. The van der Waals surface area contributed by atoms with Gasteiger partial charge in [-0.25, -0.2) is 8.42 Å². The molecule has 1 aliphatic rings. The number of benzene rings is 1. The second-order valence-corrected chi connectivity index (χ2v) is 10.2. The van der Waals surface area contributed by atoms with E-state index in [4.69, 9.17) is 11.6 Å². The number of nitrogens with one attached hydrogen (secondary N) is 1. The number of sulfonamides is 1. The summed E-state index contributed by atoms with van der Waals surface area (Å²) < 4.78 is 27.4. The number of carbonyl (C=O) groups excluding carboxylic acids is 1. The van der Waals surface area contributed by atoms with Gasteiger partial charge >= 0.3 is 0 Å². The zero-order chi connectivity index (χ0) is 20.7. The minimum Gasteiger partial charge on any atom is -0.352 e. The molecule has 1 atom stereocenters. The summed E-state index contributed by atoms with van der Waals surface area (Å²) >= 11 is 6.21. The molecule has 1 fully saturated rings. The van der Waals surface area contributed by atoms with Gasteiger partial charge in [-0.15, -0.1) is 0 Å². The monoisotopic (exact) mass is 428 g/mol. The molecule has 0 aromatic heterocycles. The topological polar surface area (TPSA) is 66.5 Å². The van der Waals surface area contributed by atoms with Gasteiger partial charge in [-0.1, -0.05) is 51.6 Å². The summed E-state index contributed by atoms with van der Waals surface area (Å²) in [5, 5.41) is 3.20. The standard InChI is InChI=1S/C21H33ClN2O3S/c1-4-6-7-17(5-2)15-23-21(25)19-14-18(8-9-20(19)22)28(26,27)24-12-10-16(3)11-13-24/h8-9,14,16-17H,4-7,10-13,15H2,1-3H3,(H,23,25)/t17-/m0/s1. The van der Waals surface area contributed by atoms with E-state index < -0.39 is 10.0 Å². The van der Waals surface area contributed by atoms with Crippen molar-refractivity contribution in [3.8, 4) is 0 Å². The van der Waals surface area contributed by atoms with Gasteiger partial charge in [0.2, 0.25) is 10.0 Å². The number of piperidine rings is 1. The summed E-state index contributed by atoms with van der Waals surface area (Å²) in [7, 11) is -3.61. The van der Waals surface area contributed by atoms with E-state index in [-0.39, 0.29) is 21.4 Å². The lowest BCUT2D eigenvalue weighted by atomic mass is 9.99. The molecule has 1 aromatic rings. The van der Waals surface area contributed by atoms with Crippen molar-refractivity contribution in [3.05, 3.63) is 28.8 Å². The van der Waals surface area contributed by atoms with Crippen molar-refractivity contribution < 1.29 is 13.2 Å². The number of rotatable bonds is 9. The van der Waals surface area contributed by atoms with Crippen LogP contribution in [-0.2, 0) is 10.0 Å². The first-order chi connectivity index (χ1) is 13.3. The number of nitrogens with zero attached hydrogens (tertiary/aromatic N) is 1. The van der Waals surface area contributed by atoms with Gasteiger partial charge in [0.25, 0.3) is 5.91 Å². The van der Waals surface area contributed by atoms with Gasteiger partial charge in [-0.2, -0.15) is 4.31 Å². The molecule has 2 rings (SSSR count). The highest BCUT2D eigenvalue weighted by Crippen LogP contribution is 2.26. The molecule has 1 aromatic carbocycles. The highest BCUT2D eigenvalue weighted by Gasteiger charge is 2.29. The van der Waals surface area contributed by atoms with Crippen LogP contribution in [0.2, 0.25) is 5.02 Å². The van der Waals surface area contributed by atoms with Gasteiger partial charge in [0.05, 0.1) is 15.5 Å². The van der Waals surface area contributed by atoms with Gasteiger partial charge in [0.1, 0.15) is 0 Å². The van der Waals surface area contributed by atoms with Crippen molar-refractivity contribution in [1.29, 1.82) is 0 Å². The molecule has 1 heterocycles. The summed E-state index contributed by atoms with van der Waals surface area (Å²) in [6.45, 7) is 8.02. The maximum Gasteiger partial charge on any atom is 0.252 e. The van der Waals surface area contributed by atoms with E-state index >= 15 is 0 Å². The van der Waals surface area contributed by atoms with E-state index in [0.717, 1.165) is 38.5 Å². The van der Waals surface area contributed by atoms with E-state index in [2.05, 4.69) is 26.1 Å². The molecule has 158 valence electrons. The fourth-order valence-corrected chi connectivity index (χ4v) is 5.19. The fraction of sp³-hybridized carbons (Fsp3) is 0.667. The summed E-state index contributed by atoms with van der Waals surface area (Å²) in [4.78, 5) is 12.8. The Morgan fingerprint density at radius 1 is 1.29 bits per heavy atom. The third-order valence-corrected chi connectivity index (χ3v) is 7.88. The summed E-state index contributed by atoms with van der Waals surface area (Å²) in [6, 6.07) is 4.41. The van der Waals surface area contributed by atoms with Crippen molar-refractivity contribution in [3.63, 3.8) is 0 Å². The van der Waals surface area contributed by atoms with Crippen molar-refractivity contribution in [2.24, 2.45) is 11.8 Å². The molecule has 28 heavy (non-hydrogen) atoms. The summed E-state index contributed by atoms with van der Waals surface area (Å²) in [6.07, 6.45) is 6.05. The van der Waals surface area contributed by atoms with Crippen LogP contribution in [-0.4, -0.2) is 38.3 Å². The first-order valence-electron chi connectivity index (χ1n) is 10.4. The molecule has 1 N–H and O–H groups in total. The normalized spacial score (nSPS) is 17.4. The van der Waals surface area contributed by atoms with E-state index in [1.807, 2.05) is 0 Å². The Hall–Kier alpha value is -1.11. The largest absolute Gasteiger partial charge is 0.352 e. The molecule has 0 aliphatic carbocycles. The lowest BCUT2D eigenvalue weighted by molar-refractivity contribution is 0.0945. The Morgan fingerprint density at radius 3 is 2.57 bits per heavy atom. The molecule has 0 saturated carbocycles. The average molecular weight is 429 g/mol. The third-order valence-electron chi connectivity index (χ3n) is 5.66. The number of hydrogen-bond donors (Lipinski definition) is 1. The van der Waals surface area contributed by atoms with Crippen molar-refractivity contribution >= 4 is 27.5 Å². The van der Waals surface area contributed by atoms with E-state index in [0.29, 0.717) is 31.5 Å². The number of halogens is 1. The first kappa shape index (κ1) is 23.2. The van der Waals surface area contributed by atoms with Gasteiger partial charge in [0.15, 0.2) is 0 Å². The van der Waals surface area contributed by atoms with Crippen LogP contribution in [0.15, 0.2) is 23.1 Å². The molecule has 1 aliphatic heterocycles. The van der Waals surface area contributed by atoms with Crippen LogP contribution in [0.25, 0.3) is 0 Å². The third kappa shape index (κ3) is 5.94. The Balaban J connectivity index is 2.12. The number of hydrogen-bond acceptors (Lipinski definition) is 3. The molecule has 5 nitrogen and oxygen atoms in total. The van der Waals surface area contributed by atoms with Crippen LogP contribution in [0.1, 0.15) is 69.7 Å².